The summed E-state index contributed by atoms with van der Waals surface area (Å²) in [5.41, 5.74) is 9.14. The van der Waals surface area contributed by atoms with Gasteiger partial charge in [-0.05, 0) is 102 Å². The Balaban J connectivity index is 0.863. The zero-order chi connectivity index (χ0) is 45.9. The topological polar surface area (TPSA) is 51.8 Å². The number of aromatic nitrogens is 3. The fraction of sp³-hybridized carbons (Fsp3) is 0. The minimum absolute atomic E-state index is 0.628. The van der Waals surface area contributed by atoms with Crippen LogP contribution >= 0.6 is 11.3 Å². The van der Waals surface area contributed by atoms with Crippen LogP contribution in [-0.2, 0) is 0 Å². The monoisotopic (exact) mass is 907 g/mol. The van der Waals surface area contributed by atoms with Gasteiger partial charge in [-0.3, -0.25) is 0 Å². The number of rotatable bonds is 5. The number of nitrogens with zero attached hydrogens (tertiary/aromatic N) is 3. The van der Waals surface area contributed by atoms with Crippen molar-refractivity contribution in [2.75, 3.05) is 0 Å². The molecule has 3 heterocycles. The van der Waals surface area contributed by atoms with Crippen molar-refractivity contribution in [3.05, 3.63) is 224 Å². The Bertz CT molecular complexity index is 4630. The van der Waals surface area contributed by atoms with E-state index in [9.17, 15) is 0 Å². The van der Waals surface area contributed by atoms with Gasteiger partial charge in [0.25, 0.3) is 0 Å². The number of hydrogen-bond acceptors (Lipinski definition) is 5. The molecule has 70 heavy (non-hydrogen) atoms. The minimum Gasteiger partial charge on any atom is -0.455 e. The lowest BCUT2D eigenvalue weighted by Gasteiger charge is -2.12. The van der Waals surface area contributed by atoms with Crippen LogP contribution in [0.4, 0.5) is 0 Å². The summed E-state index contributed by atoms with van der Waals surface area (Å²) < 4.78 is 9.55. The largest absolute Gasteiger partial charge is 0.455 e. The lowest BCUT2D eigenvalue weighted by molar-refractivity contribution is 0.673. The highest BCUT2D eigenvalue weighted by molar-refractivity contribution is 7.25. The van der Waals surface area contributed by atoms with Crippen LogP contribution in [0.25, 0.3) is 152 Å². The third kappa shape index (κ3) is 6.05. The van der Waals surface area contributed by atoms with Crippen molar-refractivity contribution in [2.45, 2.75) is 0 Å². The average Bonchev–Trinajstić information content (AvgIpc) is 4.00. The number of thiophene rings is 1. The molecule has 0 saturated carbocycles. The van der Waals surface area contributed by atoms with E-state index in [-0.39, 0.29) is 0 Å². The van der Waals surface area contributed by atoms with E-state index in [4.69, 9.17) is 19.4 Å². The van der Waals surface area contributed by atoms with Gasteiger partial charge in [-0.1, -0.05) is 188 Å². The first kappa shape index (κ1) is 39.0. The van der Waals surface area contributed by atoms with Gasteiger partial charge >= 0.3 is 0 Å². The predicted octanol–water partition coefficient (Wildman–Crippen LogP) is 18.2. The molecule has 15 rings (SSSR count). The van der Waals surface area contributed by atoms with Gasteiger partial charge in [-0.25, -0.2) is 15.0 Å². The molecule has 3 aromatic heterocycles. The van der Waals surface area contributed by atoms with Crippen molar-refractivity contribution >= 4 is 107 Å². The number of hydrogen-bond donors (Lipinski definition) is 0. The summed E-state index contributed by atoms with van der Waals surface area (Å²) in [6, 6.07) is 80.5. The maximum Gasteiger partial charge on any atom is 0.164 e. The van der Waals surface area contributed by atoms with E-state index >= 15 is 0 Å². The number of benzene rings is 12. The molecule has 0 unspecified atom stereocenters. The summed E-state index contributed by atoms with van der Waals surface area (Å²) in [5, 5.41) is 16.7. The highest BCUT2D eigenvalue weighted by atomic mass is 32.1. The molecule has 15 aromatic rings. The van der Waals surface area contributed by atoms with Gasteiger partial charge in [0, 0.05) is 58.6 Å². The molecule has 324 valence electrons. The smallest absolute Gasteiger partial charge is 0.164 e. The van der Waals surface area contributed by atoms with E-state index < -0.39 is 0 Å². The fourth-order valence-electron chi connectivity index (χ4n) is 11.0. The van der Waals surface area contributed by atoms with E-state index in [1.54, 1.807) is 11.3 Å². The molecular formula is C65H37N3OS. The lowest BCUT2D eigenvalue weighted by atomic mass is 9.90. The Morgan fingerprint density at radius 1 is 0.286 bits per heavy atom. The molecule has 0 atom stereocenters. The van der Waals surface area contributed by atoms with Gasteiger partial charge in [-0.15, -0.1) is 11.3 Å². The van der Waals surface area contributed by atoms with Crippen molar-refractivity contribution < 1.29 is 4.42 Å². The van der Waals surface area contributed by atoms with Gasteiger partial charge in [0.2, 0.25) is 0 Å². The third-order valence-corrected chi connectivity index (χ3v) is 15.4. The van der Waals surface area contributed by atoms with Crippen LogP contribution < -0.4 is 0 Å². The molecule has 0 spiro atoms. The molecule has 0 saturated heterocycles. The molecule has 0 bridgehead atoms. The quantitative estimate of drug-likeness (QED) is 0.161. The molecule has 0 fully saturated rings. The van der Waals surface area contributed by atoms with Crippen molar-refractivity contribution in [1.29, 1.82) is 0 Å². The standard InChI is InChI=1S/C65H37N3OS/c1-2-13-41-35-45(29-26-38(41)12-1)64-66-63(67-65(68-64)46-30-31-52-51-21-9-10-23-57(51)70-58(52)37-46)40-27-24-39(25-28-40)42-15-11-16-44(34-42)59-47-17-4-3-14-43(47)36-56-61(59)55-33-32-54-50-20-6-5-18-48(50)49-19-7-8-22-53(49)60(54)62(55)69-56/h1-37H. The van der Waals surface area contributed by atoms with E-state index in [1.807, 2.05) is 0 Å². The molecule has 4 nitrogen and oxygen atoms in total. The molecule has 0 aliphatic carbocycles. The van der Waals surface area contributed by atoms with Crippen LogP contribution in [0.1, 0.15) is 0 Å². The SMILES string of the molecule is c1cc(-c2ccc(-c3nc(-c4ccc5ccccc5c4)nc(-c4ccc5c(c4)sc4ccccc45)n3)cc2)cc(-c2c3ccccc3cc3oc4c(ccc5c6ccccc6c6ccccc6c54)c23)c1. The highest BCUT2D eigenvalue weighted by Crippen LogP contribution is 2.47. The van der Waals surface area contributed by atoms with Crippen LogP contribution in [-0.4, -0.2) is 15.0 Å². The number of furan rings is 1. The first-order valence-electron chi connectivity index (χ1n) is 23.7. The summed E-state index contributed by atoms with van der Waals surface area (Å²) in [7, 11) is 0. The third-order valence-electron chi connectivity index (χ3n) is 14.3. The minimum atomic E-state index is 0.628. The normalized spacial score (nSPS) is 12.0. The molecule has 0 N–H and O–H groups in total. The van der Waals surface area contributed by atoms with E-state index in [0.717, 1.165) is 71.5 Å². The molecule has 0 aliphatic rings. The van der Waals surface area contributed by atoms with Gasteiger partial charge in [-0.2, -0.15) is 0 Å². The maximum absolute atomic E-state index is 7.07. The predicted molar refractivity (Wildman–Crippen MR) is 295 cm³/mol. The van der Waals surface area contributed by atoms with Crippen molar-refractivity contribution in [3.8, 4) is 56.4 Å². The average molecular weight is 908 g/mol. The van der Waals surface area contributed by atoms with E-state index in [0.29, 0.717) is 17.5 Å². The van der Waals surface area contributed by atoms with Crippen molar-refractivity contribution in [2.24, 2.45) is 0 Å². The van der Waals surface area contributed by atoms with Crippen molar-refractivity contribution in [1.82, 2.24) is 15.0 Å². The Kier molecular flexibility index (Phi) is 8.49. The molecule has 0 amide bonds. The highest BCUT2D eigenvalue weighted by Gasteiger charge is 2.21. The van der Waals surface area contributed by atoms with Crippen LogP contribution in [0, 0.1) is 0 Å². The van der Waals surface area contributed by atoms with E-state index in [2.05, 4.69) is 224 Å². The second-order valence-corrected chi connectivity index (χ2v) is 19.3. The molecule has 0 aliphatic heterocycles. The summed E-state index contributed by atoms with van der Waals surface area (Å²) in [6.07, 6.45) is 0. The van der Waals surface area contributed by atoms with Gasteiger partial charge in [0.1, 0.15) is 11.2 Å². The second kappa shape index (κ2) is 15.2. The van der Waals surface area contributed by atoms with Crippen LogP contribution in [0.3, 0.4) is 0 Å². The Morgan fingerprint density at radius 2 is 0.814 bits per heavy atom. The van der Waals surface area contributed by atoms with Gasteiger partial charge < -0.3 is 4.42 Å². The molecule has 12 aromatic carbocycles. The zero-order valence-electron chi connectivity index (χ0n) is 37.5. The first-order valence-corrected chi connectivity index (χ1v) is 24.5. The number of fused-ring (bicyclic) bond motifs is 15. The van der Waals surface area contributed by atoms with Gasteiger partial charge in [0.05, 0.1) is 0 Å². The molecule has 0 radical (unpaired) electrons. The van der Waals surface area contributed by atoms with Crippen LogP contribution in [0.2, 0.25) is 0 Å². The fourth-order valence-corrected chi connectivity index (χ4v) is 12.1. The maximum atomic E-state index is 7.07. The summed E-state index contributed by atoms with van der Waals surface area (Å²) in [4.78, 5) is 15.5. The van der Waals surface area contributed by atoms with Gasteiger partial charge in [0.15, 0.2) is 17.5 Å². The summed E-state index contributed by atoms with van der Waals surface area (Å²) in [5.74, 6) is 1.91. The second-order valence-electron chi connectivity index (χ2n) is 18.2. The zero-order valence-corrected chi connectivity index (χ0v) is 38.3. The lowest BCUT2D eigenvalue weighted by Crippen LogP contribution is -2.00. The summed E-state index contributed by atoms with van der Waals surface area (Å²) in [6.45, 7) is 0. The Hall–Kier alpha value is -9.03. The Morgan fingerprint density at radius 3 is 1.60 bits per heavy atom. The first-order chi connectivity index (χ1) is 34.7. The Labute approximate surface area is 405 Å². The van der Waals surface area contributed by atoms with Crippen LogP contribution in [0.5, 0.6) is 0 Å². The van der Waals surface area contributed by atoms with Crippen molar-refractivity contribution in [3.63, 3.8) is 0 Å². The van der Waals surface area contributed by atoms with Crippen LogP contribution in [0.15, 0.2) is 229 Å². The molecular weight excluding hydrogens is 871 g/mol. The van der Waals surface area contributed by atoms with E-state index in [1.165, 1.54) is 63.4 Å². The summed E-state index contributed by atoms with van der Waals surface area (Å²) >= 11 is 1.80. The molecule has 5 heteroatoms.